The number of hydrogen-bond donors (Lipinski definition) is 0. The van der Waals surface area contributed by atoms with Gasteiger partial charge in [0.25, 0.3) is 5.91 Å². The summed E-state index contributed by atoms with van der Waals surface area (Å²) < 4.78 is 39.5. The number of alkyl halides is 3. The second-order valence-corrected chi connectivity index (χ2v) is 5.80. The Hall–Kier alpha value is -2.70. The minimum Gasteiger partial charge on any atom is -0.335 e. The zero-order valence-corrected chi connectivity index (χ0v) is 13.5. The molecule has 3 rings (SSSR count). The van der Waals surface area contributed by atoms with Gasteiger partial charge in [0.15, 0.2) is 0 Å². The molecule has 1 aliphatic rings. The fraction of sp³-hybridized carbons (Fsp3) is 0.278. The van der Waals surface area contributed by atoms with Gasteiger partial charge in [-0.1, -0.05) is 24.3 Å². The van der Waals surface area contributed by atoms with Crippen LogP contribution in [0.3, 0.4) is 0 Å². The highest BCUT2D eigenvalue weighted by molar-refractivity contribution is 5.95. The van der Waals surface area contributed by atoms with Gasteiger partial charge in [-0.2, -0.15) is 23.4 Å². The molecule has 0 saturated heterocycles. The molecule has 2 aromatic rings. The van der Waals surface area contributed by atoms with E-state index in [-0.39, 0.29) is 18.0 Å². The number of rotatable bonds is 2. The van der Waals surface area contributed by atoms with Gasteiger partial charge in [-0.25, -0.2) is 0 Å². The van der Waals surface area contributed by atoms with Crippen molar-refractivity contribution in [2.75, 3.05) is 13.1 Å². The van der Waals surface area contributed by atoms with Gasteiger partial charge >= 0.3 is 6.18 Å². The fourth-order valence-corrected chi connectivity index (χ4v) is 2.91. The highest BCUT2D eigenvalue weighted by Gasteiger charge is 2.34. The summed E-state index contributed by atoms with van der Waals surface area (Å²) >= 11 is 0. The first-order valence-electron chi connectivity index (χ1n) is 7.81. The first kappa shape index (κ1) is 17.1. The molecule has 0 aliphatic carbocycles. The van der Waals surface area contributed by atoms with E-state index >= 15 is 0 Å². The van der Waals surface area contributed by atoms with E-state index in [9.17, 15) is 18.0 Å². The minimum absolute atomic E-state index is 0.184. The molecule has 1 aromatic carbocycles. The van der Waals surface area contributed by atoms with Crippen LogP contribution in [-0.2, 0) is 6.18 Å². The maximum absolute atomic E-state index is 13.2. The van der Waals surface area contributed by atoms with Gasteiger partial charge < -0.3 is 4.90 Å². The number of amides is 1. The van der Waals surface area contributed by atoms with Crippen molar-refractivity contribution in [2.24, 2.45) is 0 Å². The Bertz CT molecular complexity index is 830. The SMILES string of the molecule is Cc1nnccc1C(=O)N1CC=C(c2ccccc2C(F)(F)F)CC1. The van der Waals surface area contributed by atoms with Gasteiger partial charge in [-0.3, -0.25) is 4.79 Å². The second kappa shape index (κ2) is 6.66. The third kappa shape index (κ3) is 3.55. The molecule has 1 amide bonds. The van der Waals surface area contributed by atoms with Crippen LogP contribution >= 0.6 is 0 Å². The monoisotopic (exact) mass is 347 g/mol. The molecule has 0 radical (unpaired) electrons. The van der Waals surface area contributed by atoms with Gasteiger partial charge in [0, 0.05) is 13.1 Å². The molecular formula is C18H16F3N3O. The van der Waals surface area contributed by atoms with Crippen molar-refractivity contribution in [3.8, 4) is 0 Å². The van der Waals surface area contributed by atoms with Gasteiger partial charge in [0.05, 0.1) is 23.0 Å². The molecule has 0 N–H and O–H groups in total. The van der Waals surface area contributed by atoms with E-state index in [0.29, 0.717) is 29.8 Å². The number of nitrogens with zero attached hydrogens (tertiary/aromatic N) is 3. The number of aryl methyl sites for hydroxylation is 1. The molecule has 1 aliphatic heterocycles. The summed E-state index contributed by atoms with van der Waals surface area (Å²) in [5.41, 5.74) is 1.15. The second-order valence-electron chi connectivity index (χ2n) is 5.80. The van der Waals surface area contributed by atoms with Gasteiger partial charge in [-0.15, -0.1) is 0 Å². The van der Waals surface area contributed by atoms with Crippen molar-refractivity contribution in [3.63, 3.8) is 0 Å². The van der Waals surface area contributed by atoms with Crippen molar-refractivity contribution in [1.29, 1.82) is 0 Å². The Balaban J connectivity index is 1.82. The molecule has 7 heteroatoms. The lowest BCUT2D eigenvalue weighted by molar-refractivity contribution is -0.137. The number of halogens is 3. The fourth-order valence-electron chi connectivity index (χ4n) is 2.91. The predicted octanol–water partition coefficient (Wildman–Crippen LogP) is 3.73. The Morgan fingerprint density at radius 2 is 1.96 bits per heavy atom. The molecule has 0 atom stereocenters. The molecule has 0 fully saturated rings. The summed E-state index contributed by atoms with van der Waals surface area (Å²) in [5, 5.41) is 7.58. The Kier molecular flexibility index (Phi) is 4.57. The normalized spacial score (nSPS) is 15.0. The van der Waals surface area contributed by atoms with Crippen molar-refractivity contribution >= 4 is 11.5 Å². The van der Waals surface area contributed by atoms with Crippen LogP contribution in [0.1, 0.15) is 33.6 Å². The summed E-state index contributed by atoms with van der Waals surface area (Å²) in [6, 6.07) is 7.13. The number of carbonyl (C=O) groups is 1. The molecule has 1 aromatic heterocycles. The molecule has 25 heavy (non-hydrogen) atoms. The Morgan fingerprint density at radius 3 is 2.60 bits per heavy atom. The van der Waals surface area contributed by atoms with Gasteiger partial charge in [-0.05, 0) is 36.6 Å². The van der Waals surface area contributed by atoms with Crippen LogP contribution in [0.5, 0.6) is 0 Å². The van der Waals surface area contributed by atoms with Crippen molar-refractivity contribution in [1.82, 2.24) is 15.1 Å². The Morgan fingerprint density at radius 1 is 1.20 bits per heavy atom. The number of benzene rings is 1. The van der Waals surface area contributed by atoms with Crippen LogP contribution < -0.4 is 0 Å². The average molecular weight is 347 g/mol. The van der Waals surface area contributed by atoms with Crippen molar-refractivity contribution in [2.45, 2.75) is 19.5 Å². The first-order valence-corrected chi connectivity index (χ1v) is 7.81. The van der Waals surface area contributed by atoms with E-state index in [2.05, 4.69) is 10.2 Å². The predicted molar refractivity (Wildman–Crippen MR) is 86.7 cm³/mol. The van der Waals surface area contributed by atoms with Gasteiger partial charge in [0.1, 0.15) is 0 Å². The number of hydrogen-bond acceptors (Lipinski definition) is 3. The summed E-state index contributed by atoms with van der Waals surface area (Å²) in [6.45, 7) is 2.33. The van der Waals surface area contributed by atoms with Crippen LogP contribution in [0.2, 0.25) is 0 Å². The topological polar surface area (TPSA) is 46.1 Å². The highest BCUT2D eigenvalue weighted by Crippen LogP contribution is 2.36. The molecule has 0 unspecified atom stereocenters. The van der Waals surface area contributed by atoms with Crippen molar-refractivity contribution in [3.05, 3.63) is 65.0 Å². The van der Waals surface area contributed by atoms with Crippen LogP contribution in [0.4, 0.5) is 13.2 Å². The van der Waals surface area contributed by atoms with E-state index in [1.165, 1.54) is 18.3 Å². The largest absolute Gasteiger partial charge is 0.416 e. The van der Waals surface area contributed by atoms with Gasteiger partial charge in [0.2, 0.25) is 0 Å². The Labute approximate surface area is 143 Å². The lowest BCUT2D eigenvalue weighted by Crippen LogP contribution is -2.35. The maximum Gasteiger partial charge on any atom is 0.416 e. The third-order valence-corrected chi connectivity index (χ3v) is 4.21. The average Bonchev–Trinajstić information content (AvgIpc) is 2.61. The van der Waals surface area contributed by atoms with E-state index in [1.807, 2.05) is 0 Å². The smallest absolute Gasteiger partial charge is 0.335 e. The first-order chi connectivity index (χ1) is 11.9. The lowest BCUT2D eigenvalue weighted by atomic mass is 9.94. The maximum atomic E-state index is 13.2. The number of carbonyl (C=O) groups excluding carboxylic acids is 1. The summed E-state index contributed by atoms with van der Waals surface area (Å²) in [5.74, 6) is -0.188. The highest BCUT2D eigenvalue weighted by atomic mass is 19.4. The van der Waals surface area contributed by atoms with Crippen LogP contribution in [-0.4, -0.2) is 34.1 Å². The third-order valence-electron chi connectivity index (χ3n) is 4.21. The van der Waals surface area contributed by atoms with E-state index in [0.717, 1.165) is 6.07 Å². The van der Waals surface area contributed by atoms with Crippen LogP contribution in [0, 0.1) is 6.92 Å². The molecule has 130 valence electrons. The number of aromatic nitrogens is 2. The molecule has 0 saturated carbocycles. The molecule has 0 bridgehead atoms. The van der Waals surface area contributed by atoms with E-state index in [1.54, 1.807) is 30.0 Å². The zero-order valence-electron chi connectivity index (χ0n) is 13.5. The zero-order chi connectivity index (χ0) is 18.0. The molecular weight excluding hydrogens is 331 g/mol. The van der Waals surface area contributed by atoms with E-state index < -0.39 is 11.7 Å². The minimum atomic E-state index is -4.40. The molecule has 0 spiro atoms. The van der Waals surface area contributed by atoms with Crippen molar-refractivity contribution < 1.29 is 18.0 Å². The van der Waals surface area contributed by atoms with Crippen LogP contribution in [0.25, 0.3) is 5.57 Å². The quantitative estimate of drug-likeness (QED) is 0.831. The molecule has 2 heterocycles. The summed E-state index contributed by atoms with van der Waals surface area (Å²) in [7, 11) is 0. The van der Waals surface area contributed by atoms with E-state index in [4.69, 9.17) is 0 Å². The summed E-state index contributed by atoms with van der Waals surface area (Å²) in [4.78, 5) is 14.1. The molecule has 4 nitrogen and oxygen atoms in total. The lowest BCUT2D eigenvalue weighted by Gasteiger charge is -2.28. The summed E-state index contributed by atoms with van der Waals surface area (Å²) in [6.07, 6.45) is -0.887. The standard InChI is InChI=1S/C18H16F3N3O/c1-12-14(6-9-22-23-12)17(25)24-10-7-13(8-11-24)15-4-2-3-5-16(15)18(19,20)21/h2-7,9H,8,10-11H2,1H3. The van der Waals surface area contributed by atoms with Crippen LogP contribution in [0.15, 0.2) is 42.6 Å².